The number of hydrogen-bond donors (Lipinski definition) is 2. The van der Waals surface area contributed by atoms with E-state index in [0.717, 1.165) is 0 Å². The largest absolute Gasteiger partial charge is 0.511 e. The van der Waals surface area contributed by atoms with Crippen LogP contribution in [0.2, 0.25) is 0 Å². The van der Waals surface area contributed by atoms with Crippen LogP contribution < -0.4 is 10.3 Å². The van der Waals surface area contributed by atoms with E-state index >= 15 is 0 Å². The first kappa shape index (κ1) is 15.3. The van der Waals surface area contributed by atoms with Crippen LogP contribution in [0.15, 0.2) is 41.7 Å². The van der Waals surface area contributed by atoms with E-state index in [1.807, 2.05) is 0 Å². The summed E-state index contributed by atoms with van der Waals surface area (Å²) in [4.78, 5) is 26.5. The van der Waals surface area contributed by atoms with Gasteiger partial charge in [-0.3, -0.25) is 9.89 Å². The molecule has 0 spiro atoms. The third-order valence-electron chi connectivity index (χ3n) is 2.58. The van der Waals surface area contributed by atoms with Crippen molar-refractivity contribution in [2.75, 3.05) is 0 Å². The van der Waals surface area contributed by atoms with Crippen molar-refractivity contribution in [3.63, 3.8) is 0 Å². The molecule has 11 heteroatoms. The highest BCUT2D eigenvalue weighted by atomic mass is 35.5. The number of halogens is 1. The van der Waals surface area contributed by atoms with Crippen molar-refractivity contribution in [3.05, 3.63) is 47.3 Å². The molecule has 0 saturated carbocycles. The summed E-state index contributed by atoms with van der Waals surface area (Å²) < 4.78 is 6.93. The number of nitrogens with zero attached hydrogens (tertiary/aromatic N) is 5. The highest BCUT2D eigenvalue weighted by molar-refractivity contribution is 5.85. The number of H-pyrrole nitrogens is 1. The SMILES string of the molecule is Cl.O=C(O)Oc1ccc(-n2[nH]cc(-n3ccnn3)c2=O)nc1. The second-order valence-corrected chi connectivity index (χ2v) is 3.87. The van der Waals surface area contributed by atoms with Crippen LogP contribution in [0.5, 0.6) is 5.75 Å². The average molecular weight is 325 g/mol. The molecule has 3 aromatic heterocycles. The summed E-state index contributed by atoms with van der Waals surface area (Å²) in [5, 5.41) is 18.6. The second kappa shape index (κ2) is 6.10. The van der Waals surface area contributed by atoms with Crippen molar-refractivity contribution < 1.29 is 14.6 Å². The van der Waals surface area contributed by atoms with Gasteiger partial charge in [0.05, 0.1) is 24.8 Å². The van der Waals surface area contributed by atoms with Gasteiger partial charge < -0.3 is 9.84 Å². The van der Waals surface area contributed by atoms with Gasteiger partial charge in [-0.2, -0.15) is 4.68 Å². The lowest BCUT2D eigenvalue weighted by Gasteiger charge is -2.02. The summed E-state index contributed by atoms with van der Waals surface area (Å²) in [5.41, 5.74) is -0.0972. The van der Waals surface area contributed by atoms with Crippen LogP contribution in [0, 0.1) is 0 Å². The van der Waals surface area contributed by atoms with Crippen LogP contribution in [0.3, 0.4) is 0 Å². The van der Waals surface area contributed by atoms with Crippen molar-refractivity contribution in [1.29, 1.82) is 0 Å². The fourth-order valence-electron chi connectivity index (χ4n) is 1.70. The fraction of sp³-hybridized carbons (Fsp3) is 0. The molecule has 0 saturated heterocycles. The molecule has 10 nitrogen and oxygen atoms in total. The summed E-state index contributed by atoms with van der Waals surface area (Å²) in [6, 6.07) is 2.83. The van der Waals surface area contributed by atoms with Crippen LogP contribution in [-0.4, -0.2) is 41.0 Å². The van der Waals surface area contributed by atoms with Gasteiger partial charge in [-0.15, -0.1) is 17.5 Å². The summed E-state index contributed by atoms with van der Waals surface area (Å²) in [6.07, 6.45) is 4.21. The Morgan fingerprint density at radius 1 is 1.36 bits per heavy atom. The van der Waals surface area contributed by atoms with Crippen molar-refractivity contribution in [2.45, 2.75) is 0 Å². The molecule has 3 heterocycles. The molecular weight excluding hydrogens is 316 g/mol. The number of aromatic nitrogens is 6. The van der Waals surface area contributed by atoms with Gasteiger partial charge in [-0.1, -0.05) is 5.21 Å². The summed E-state index contributed by atoms with van der Waals surface area (Å²) >= 11 is 0. The van der Waals surface area contributed by atoms with Crippen LogP contribution in [0.4, 0.5) is 4.79 Å². The Balaban J connectivity index is 0.00000176. The molecule has 0 aliphatic carbocycles. The lowest BCUT2D eigenvalue weighted by molar-refractivity contribution is 0.144. The zero-order chi connectivity index (χ0) is 14.8. The normalized spacial score (nSPS) is 10.0. The van der Waals surface area contributed by atoms with Gasteiger partial charge in [0.15, 0.2) is 17.3 Å². The number of hydrogen-bond acceptors (Lipinski definition) is 6. The minimum atomic E-state index is -1.44. The molecule has 0 aromatic carbocycles. The molecule has 0 radical (unpaired) electrons. The molecule has 3 rings (SSSR count). The van der Waals surface area contributed by atoms with Crippen molar-refractivity contribution >= 4 is 18.6 Å². The molecule has 0 unspecified atom stereocenters. The molecule has 0 amide bonds. The topological polar surface area (TPSA) is 128 Å². The van der Waals surface area contributed by atoms with Crippen LogP contribution in [-0.2, 0) is 0 Å². The lowest BCUT2D eigenvalue weighted by atomic mass is 10.4. The molecule has 2 N–H and O–H groups in total. The summed E-state index contributed by atoms with van der Waals surface area (Å²) in [6.45, 7) is 0. The van der Waals surface area contributed by atoms with Gasteiger partial charge >= 0.3 is 6.16 Å². The summed E-state index contributed by atoms with van der Waals surface area (Å²) in [7, 11) is 0. The number of ether oxygens (including phenoxy) is 1. The van der Waals surface area contributed by atoms with Gasteiger partial charge in [-0.05, 0) is 12.1 Å². The molecule has 0 fully saturated rings. The fourth-order valence-corrected chi connectivity index (χ4v) is 1.70. The van der Waals surface area contributed by atoms with E-state index in [1.165, 1.54) is 46.3 Å². The van der Waals surface area contributed by atoms with Crippen LogP contribution in [0.1, 0.15) is 0 Å². The highest BCUT2D eigenvalue weighted by Gasteiger charge is 2.11. The van der Waals surface area contributed by atoms with E-state index in [-0.39, 0.29) is 35.2 Å². The van der Waals surface area contributed by atoms with E-state index in [2.05, 4.69) is 25.1 Å². The van der Waals surface area contributed by atoms with E-state index in [9.17, 15) is 9.59 Å². The number of aromatic amines is 1. The molecule has 3 aromatic rings. The van der Waals surface area contributed by atoms with E-state index in [0.29, 0.717) is 0 Å². The lowest BCUT2D eigenvalue weighted by Crippen LogP contribution is -2.19. The smallest absolute Gasteiger partial charge is 0.449 e. The molecule has 22 heavy (non-hydrogen) atoms. The van der Waals surface area contributed by atoms with Gasteiger partial charge in [0.25, 0.3) is 5.56 Å². The minimum Gasteiger partial charge on any atom is -0.449 e. The Bertz CT molecular complexity index is 823. The first-order chi connectivity index (χ1) is 10.1. The Kier molecular flexibility index (Phi) is 4.23. The molecule has 114 valence electrons. The predicted octanol–water partition coefficient (Wildman–Crippen LogP) is 0.620. The van der Waals surface area contributed by atoms with E-state index in [1.54, 1.807) is 0 Å². The Hall–Kier alpha value is -3.14. The monoisotopic (exact) mass is 324 g/mol. The number of nitrogens with one attached hydrogen (secondary N) is 1. The number of carboxylic acid groups (broad SMARTS) is 1. The van der Waals surface area contributed by atoms with Crippen molar-refractivity contribution in [3.8, 4) is 17.3 Å². The molecule has 0 atom stereocenters. The molecule has 0 aliphatic rings. The summed E-state index contributed by atoms with van der Waals surface area (Å²) in [5.74, 6) is 0.339. The minimum absolute atomic E-state index is 0. The van der Waals surface area contributed by atoms with Crippen molar-refractivity contribution in [2.24, 2.45) is 0 Å². The first-order valence-electron chi connectivity index (χ1n) is 5.69. The maximum atomic E-state index is 12.2. The molecular formula is C11H9ClN6O4. The maximum Gasteiger partial charge on any atom is 0.511 e. The van der Waals surface area contributed by atoms with Gasteiger partial charge in [0, 0.05) is 0 Å². The molecule has 0 bridgehead atoms. The number of carbonyl (C=O) groups is 1. The van der Waals surface area contributed by atoms with E-state index in [4.69, 9.17) is 5.11 Å². The number of pyridine rings is 1. The number of rotatable bonds is 3. The first-order valence-corrected chi connectivity index (χ1v) is 5.69. The quantitative estimate of drug-likeness (QED) is 0.676. The van der Waals surface area contributed by atoms with Gasteiger partial charge in [0.2, 0.25) is 0 Å². The predicted molar refractivity (Wildman–Crippen MR) is 75.0 cm³/mol. The third-order valence-corrected chi connectivity index (χ3v) is 2.58. The second-order valence-electron chi connectivity index (χ2n) is 3.87. The van der Waals surface area contributed by atoms with Crippen LogP contribution >= 0.6 is 12.4 Å². The highest BCUT2D eigenvalue weighted by Crippen LogP contribution is 2.11. The Labute approximate surface area is 128 Å². The zero-order valence-electron chi connectivity index (χ0n) is 10.8. The molecule has 0 aliphatic heterocycles. The third kappa shape index (κ3) is 2.81. The van der Waals surface area contributed by atoms with Gasteiger partial charge in [-0.25, -0.2) is 14.5 Å². The maximum absolute atomic E-state index is 12.2. The standard InChI is InChI=1S/C11H8N6O4.ClH/c18-10-8(16-4-3-13-15-16)6-14-17(10)9-2-1-7(5-12-9)21-11(19)20;/h1-6,14H,(H,19,20);1H. The Morgan fingerprint density at radius 2 is 2.18 bits per heavy atom. The zero-order valence-corrected chi connectivity index (χ0v) is 11.6. The van der Waals surface area contributed by atoms with Gasteiger partial charge in [0.1, 0.15) is 0 Å². The van der Waals surface area contributed by atoms with E-state index < -0.39 is 6.16 Å². The van der Waals surface area contributed by atoms with Crippen LogP contribution in [0.25, 0.3) is 11.5 Å². The average Bonchev–Trinajstić information content (AvgIpc) is 3.08. The Morgan fingerprint density at radius 3 is 2.77 bits per heavy atom. The van der Waals surface area contributed by atoms with Crippen molar-refractivity contribution in [1.82, 2.24) is 29.8 Å².